The first-order valence-corrected chi connectivity index (χ1v) is 5.38. The summed E-state index contributed by atoms with van der Waals surface area (Å²) in [6, 6.07) is 5.70. The first kappa shape index (κ1) is 9.92. The van der Waals surface area contributed by atoms with E-state index >= 15 is 0 Å². The van der Waals surface area contributed by atoms with E-state index in [1.54, 1.807) is 0 Å². The summed E-state index contributed by atoms with van der Waals surface area (Å²) in [7, 11) is 0. The van der Waals surface area contributed by atoms with Crippen molar-refractivity contribution < 1.29 is 4.52 Å². The molecule has 2 aromatic rings. The quantitative estimate of drug-likeness (QED) is 0.757. The summed E-state index contributed by atoms with van der Waals surface area (Å²) in [6.45, 7) is 1.98. The molecular formula is C9H6ClIN2O. The molecule has 14 heavy (non-hydrogen) atoms. The highest BCUT2D eigenvalue weighted by Gasteiger charge is 2.10. The standard InChI is InChI=1S/C9H6ClIN2O/c1-5-2-3-6(7(10)4-5)8-12-9(11)13-14-8/h2-4H,1H3. The maximum atomic E-state index is 6.04. The largest absolute Gasteiger partial charge is 0.333 e. The number of aromatic nitrogens is 2. The monoisotopic (exact) mass is 320 g/mol. The second-order valence-electron chi connectivity index (χ2n) is 2.85. The molecule has 0 aliphatic rings. The van der Waals surface area contributed by atoms with E-state index in [2.05, 4.69) is 10.1 Å². The Hall–Kier alpha value is -0.620. The molecule has 0 spiro atoms. The maximum Gasteiger partial charge on any atom is 0.260 e. The average Bonchev–Trinajstić information content (AvgIpc) is 2.51. The van der Waals surface area contributed by atoms with Gasteiger partial charge in [0.25, 0.3) is 5.89 Å². The van der Waals surface area contributed by atoms with Gasteiger partial charge in [0.05, 0.1) is 10.6 Å². The second-order valence-corrected chi connectivity index (χ2v) is 4.22. The van der Waals surface area contributed by atoms with Crippen molar-refractivity contribution in [2.45, 2.75) is 6.92 Å². The highest BCUT2D eigenvalue weighted by molar-refractivity contribution is 14.1. The molecule has 0 aliphatic carbocycles. The highest BCUT2D eigenvalue weighted by Crippen LogP contribution is 2.27. The molecule has 1 heterocycles. The first-order valence-electron chi connectivity index (χ1n) is 3.92. The minimum absolute atomic E-state index is 0.458. The number of rotatable bonds is 1. The van der Waals surface area contributed by atoms with Crippen LogP contribution in [0.1, 0.15) is 5.56 Å². The molecular weight excluding hydrogens is 314 g/mol. The summed E-state index contributed by atoms with van der Waals surface area (Å²) in [4.78, 5) is 4.10. The average molecular weight is 321 g/mol. The zero-order valence-electron chi connectivity index (χ0n) is 7.29. The van der Waals surface area contributed by atoms with Gasteiger partial charge in [-0.15, -0.1) is 0 Å². The molecule has 0 unspecified atom stereocenters. The van der Waals surface area contributed by atoms with Crippen LogP contribution in [0.3, 0.4) is 0 Å². The minimum atomic E-state index is 0.458. The van der Waals surface area contributed by atoms with Crippen LogP contribution in [0.25, 0.3) is 11.5 Å². The van der Waals surface area contributed by atoms with Gasteiger partial charge in [0.1, 0.15) is 0 Å². The topological polar surface area (TPSA) is 38.9 Å². The fraction of sp³-hybridized carbons (Fsp3) is 0.111. The molecule has 3 nitrogen and oxygen atoms in total. The Morgan fingerprint density at radius 3 is 2.79 bits per heavy atom. The summed E-state index contributed by atoms with van der Waals surface area (Å²) in [5.41, 5.74) is 1.88. The van der Waals surface area contributed by atoms with E-state index in [0.717, 1.165) is 11.1 Å². The lowest BCUT2D eigenvalue weighted by Gasteiger charge is -1.98. The molecule has 0 atom stereocenters. The summed E-state index contributed by atoms with van der Waals surface area (Å²) in [6.07, 6.45) is 0. The molecule has 0 bridgehead atoms. The third kappa shape index (κ3) is 1.90. The zero-order valence-corrected chi connectivity index (χ0v) is 10.2. The summed E-state index contributed by atoms with van der Waals surface area (Å²) in [5, 5.41) is 4.33. The summed E-state index contributed by atoms with van der Waals surface area (Å²) < 4.78 is 5.60. The van der Waals surface area contributed by atoms with Crippen molar-refractivity contribution in [3.63, 3.8) is 0 Å². The van der Waals surface area contributed by atoms with Gasteiger partial charge in [0.2, 0.25) is 3.83 Å². The smallest absolute Gasteiger partial charge is 0.260 e. The van der Waals surface area contributed by atoms with Crippen molar-refractivity contribution in [1.29, 1.82) is 0 Å². The van der Waals surface area contributed by atoms with Gasteiger partial charge in [-0.3, -0.25) is 0 Å². The van der Waals surface area contributed by atoms with Crippen LogP contribution in [0.5, 0.6) is 0 Å². The normalized spacial score (nSPS) is 10.5. The number of nitrogens with zero attached hydrogens (tertiary/aromatic N) is 2. The zero-order chi connectivity index (χ0) is 10.1. The molecule has 5 heteroatoms. The van der Waals surface area contributed by atoms with Crippen molar-refractivity contribution in [2.75, 3.05) is 0 Å². The molecule has 0 saturated heterocycles. The predicted molar refractivity (Wildman–Crippen MR) is 62.2 cm³/mol. The highest BCUT2D eigenvalue weighted by atomic mass is 127. The molecule has 1 aromatic carbocycles. The van der Waals surface area contributed by atoms with E-state index in [4.69, 9.17) is 16.1 Å². The van der Waals surface area contributed by atoms with Gasteiger partial charge in [-0.1, -0.05) is 22.8 Å². The van der Waals surface area contributed by atoms with E-state index in [0.29, 0.717) is 14.7 Å². The van der Waals surface area contributed by atoms with Crippen LogP contribution in [0.15, 0.2) is 22.7 Å². The van der Waals surface area contributed by atoms with Gasteiger partial charge in [0, 0.05) is 22.6 Å². The van der Waals surface area contributed by atoms with Crippen molar-refractivity contribution in [1.82, 2.24) is 10.1 Å². The summed E-state index contributed by atoms with van der Waals surface area (Å²) in [5.74, 6) is 0.458. The van der Waals surface area contributed by atoms with E-state index in [1.165, 1.54) is 0 Å². The van der Waals surface area contributed by atoms with Crippen LogP contribution in [0.4, 0.5) is 0 Å². The van der Waals surface area contributed by atoms with Crippen molar-refractivity contribution >= 4 is 34.2 Å². The van der Waals surface area contributed by atoms with Crippen LogP contribution < -0.4 is 0 Å². The number of aryl methyl sites for hydroxylation is 1. The fourth-order valence-corrected chi connectivity index (χ4v) is 1.74. The van der Waals surface area contributed by atoms with Crippen LogP contribution >= 0.6 is 34.2 Å². The Morgan fingerprint density at radius 2 is 2.21 bits per heavy atom. The number of benzene rings is 1. The lowest BCUT2D eigenvalue weighted by atomic mass is 10.1. The molecule has 1 aromatic heterocycles. The van der Waals surface area contributed by atoms with E-state index in [9.17, 15) is 0 Å². The molecule has 0 N–H and O–H groups in total. The number of halogens is 2. The Kier molecular flexibility index (Phi) is 2.73. The van der Waals surface area contributed by atoms with E-state index in [-0.39, 0.29) is 0 Å². The van der Waals surface area contributed by atoms with Gasteiger partial charge in [-0.2, -0.15) is 4.98 Å². The van der Waals surface area contributed by atoms with Gasteiger partial charge >= 0.3 is 0 Å². The van der Waals surface area contributed by atoms with Gasteiger partial charge in [-0.25, -0.2) is 0 Å². The fourth-order valence-electron chi connectivity index (χ4n) is 1.11. The third-order valence-corrected chi connectivity index (χ3v) is 2.51. The maximum absolute atomic E-state index is 6.04. The third-order valence-electron chi connectivity index (χ3n) is 1.76. The SMILES string of the molecule is Cc1ccc(-c2nc(I)no2)c(Cl)c1. The van der Waals surface area contributed by atoms with Crippen LogP contribution in [-0.4, -0.2) is 10.1 Å². The van der Waals surface area contributed by atoms with Crippen LogP contribution in [0, 0.1) is 10.8 Å². The minimum Gasteiger partial charge on any atom is -0.333 e. The number of hydrogen-bond donors (Lipinski definition) is 0. The molecule has 0 radical (unpaired) electrons. The lowest BCUT2D eigenvalue weighted by Crippen LogP contribution is -1.81. The Labute approximate surface area is 99.6 Å². The van der Waals surface area contributed by atoms with Crippen molar-refractivity contribution in [2.24, 2.45) is 0 Å². The van der Waals surface area contributed by atoms with Crippen LogP contribution in [0.2, 0.25) is 5.02 Å². The predicted octanol–water partition coefficient (Wildman–Crippen LogP) is 3.30. The molecule has 2 rings (SSSR count). The van der Waals surface area contributed by atoms with Gasteiger partial charge in [-0.05, 0) is 24.6 Å². The van der Waals surface area contributed by atoms with Crippen molar-refractivity contribution in [3.8, 4) is 11.5 Å². The van der Waals surface area contributed by atoms with Crippen LogP contribution in [-0.2, 0) is 0 Å². The molecule has 72 valence electrons. The van der Waals surface area contributed by atoms with Gasteiger partial charge < -0.3 is 4.52 Å². The van der Waals surface area contributed by atoms with Gasteiger partial charge in [0.15, 0.2) is 0 Å². The Bertz CT molecular complexity index is 470. The second kappa shape index (κ2) is 3.86. The van der Waals surface area contributed by atoms with E-state index < -0.39 is 0 Å². The first-order chi connectivity index (χ1) is 6.66. The molecule has 0 saturated carbocycles. The molecule has 0 fully saturated rings. The Balaban J connectivity index is 2.52. The number of hydrogen-bond acceptors (Lipinski definition) is 3. The Morgan fingerprint density at radius 1 is 1.43 bits per heavy atom. The molecule has 0 aliphatic heterocycles. The van der Waals surface area contributed by atoms with Crippen molar-refractivity contribution in [3.05, 3.63) is 32.6 Å². The molecule has 0 amide bonds. The van der Waals surface area contributed by atoms with E-state index in [1.807, 2.05) is 47.7 Å². The summed E-state index contributed by atoms with van der Waals surface area (Å²) >= 11 is 8.03. The lowest BCUT2D eigenvalue weighted by molar-refractivity contribution is 0.426.